The second-order valence-corrected chi connectivity index (χ2v) is 4.96. The van der Waals surface area contributed by atoms with Gasteiger partial charge in [-0.2, -0.15) is 5.10 Å². The molecule has 0 aliphatic rings. The van der Waals surface area contributed by atoms with Gasteiger partial charge in [-0.15, -0.1) is 10.2 Å². The summed E-state index contributed by atoms with van der Waals surface area (Å²) in [6.07, 6.45) is 0. The lowest BCUT2D eigenvalue weighted by Crippen LogP contribution is -1.96. The summed E-state index contributed by atoms with van der Waals surface area (Å²) < 4.78 is 1.70. The van der Waals surface area contributed by atoms with E-state index in [9.17, 15) is 0 Å². The third kappa shape index (κ3) is 1.79. The Morgan fingerprint density at radius 1 is 1.11 bits per heavy atom. The molecule has 0 spiro atoms. The maximum Gasteiger partial charge on any atom is 0.181 e. The number of nitrogens with zero attached hydrogens (tertiary/aromatic N) is 4. The predicted molar refractivity (Wildman–Crippen MR) is 76.2 cm³/mol. The van der Waals surface area contributed by atoms with Crippen LogP contribution in [0.3, 0.4) is 0 Å². The lowest BCUT2D eigenvalue weighted by atomic mass is 10.0. The summed E-state index contributed by atoms with van der Waals surface area (Å²) in [5.74, 6) is 0. The van der Waals surface area contributed by atoms with Crippen LogP contribution in [-0.4, -0.2) is 20.0 Å². The van der Waals surface area contributed by atoms with E-state index in [4.69, 9.17) is 11.6 Å². The van der Waals surface area contributed by atoms with Crippen LogP contribution in [0, 0.1) is 13.8 Å². The highest BCUT2D eigenvalue weighted by atomic mass is 35.5. The van der Waals surface area contributed by atoms with Crippen LogP contribution in [-0.2, 0) is 7.05 Å². The minimum atomic E-state index is 0.616. The number of aromatic nitrogens is 4. The molecule has 0 aliphatic carbocycles. The Morgan fingerprint density at radius 3 is 2.58 bits per heavy atom. The minimum Gasteiger partial charge on any atom is -0.249 e. The second-order valence-electron chi connectivity index (χ2n) is 4.59. The molecule has 3 rings (SSSR count). The average Bonchev–Trinajstić information content (AvgIpc) is 2.67. The van der Waals surface area contributed by atoms with E-state index >= 15 is 0 Å². The summed E-state index contributed by atoms with van der Waals surface area (Å²) in [4.78, 5) is 0. The van der Waals surface area contributed by atoms with E-state index in [1.165, 1.54) is 0 Å². The van der Waals surface area contributed by atoms with E-state index in [1.54, 1.807) is 4.68 Å². The van der Waals surface area contributed by atoms with Crippen LogP contribution in [0.4, 0.5) is 0 Å². The summed E-state index contributed by atoms with van der Waals surface area (Å²) in [6, 6.07) is 8.01. The van der Waals surface area contributed by atoms with Gasteiger partial charge in [-0.1, -0.05) is 35.9 Å². The molecular formula is C14H13ClN4. The van der Waals surface area contributed by atoms with Gasteiger partial charge in [0.25, 0.3) is 0 Å². The Hall–Kier alpha value is -1.94. The van der Waals surface area contributed by atoms with Crippen molar-refractivity contribution < 1.29 is 0 Å². The molecule has 0 radical (unpaired) electrons. The molecule has 1 aromatic carbocycles. The van der Waals surface area contributed by atoms with E-state index < -0.39 is 0 Å². The van der Waals surface area contributed by atoms with Crippen LogP contribution >= 0.6 is 11.6 Å². The normalized spacial score (nSPS) is 11.2. The average molecular weight is 273 g/mol. The molecule has 0 bridgehead atoms. The van der Waals surface area contributed by atoms with Crippen molar-refractivity contribution in [3.05, 3.63) is 40.5 Å². The fourth-order valence-electron chi connectivity index (χ4n) is 2.29. The van der Waals surface area contributed by atoms with Crippen molar-refractivity contribution in [1.82, 2.24) is 20.0 Å². The molecule has 2 heterocycles. The van der Waals surface area contributed by atoms with Crippen molar-refractivity contribution in [2.45, 2.75) is 13.8 Å². The molecule has 0 N–H and O–H groups in total. The van der Waals surface area contributed by atoms with Crippen molar-refractivity contribution in [2.75, 3.05) is 0 Å². The van der Waals surface area contributed by atoms with Crippen LogP contribution in [0.1, 0.15) is 11.3 Å². The number of halogens is 1. The summed E-state index contributed by atoms with van der Waals surface area (Å²) >= 11 is 6.51. The van der Waals surface area contributed by atoms with E-state index in [1.807, 2.05) is 45.2 Å². The topological polar surface area (TPSA) is 43.6 Å². The molecule has 0 unspecified atom stereocenters. The molecule has 0 atom stereocenters. The summed E-state index contributed by atoms with van der Waals surface area (Å²) in [5.41, 5.74) is 4.42. The highest BCUT2D eigenvalue weighted by Crippen LogP contribution is 2.33. The first-order valence-corrected chi connectivity index (χ1v) is 6.39. The van der Waals surface area contributed by atoms with Gasteiger partial charge < -0.3 is 0 Å². The van der Waals surface area contributed by atoms with Crippen LogP contribution in [0.25, 0.3) is 22.3 Å². The molecule has 0 saturated carbocycles. The quantitative estimate of drug-likeness (QED) is 0.683. The third-order valence-corrected chi connectivity index (χ3v) is 3.63. The number of aryl methyl sites for hydroxylation is 3. The Balaban J connectivity index is 2.35. The van der Waals surface area contributed by atoms with Crippen molar-refractivity contribution >= 4 is 22.6 Å². The number of hydrogen-bond acceptors (Lipinski definition) is 3. The largest absolute Gasteiger partial charge is 0.249 e. The van der Waals surface area contributed by atoms with Gasteiger partial charge in [-0.3, -0.25) is 0 Å². The highest BCUT2D eigenvalue weighted by Gasteiger charge is 2.17. The number of hydrogen-bond donors (Lipinski definition) is 0. The lowest BCUT2D eigenvalue weighted by molar-refractivity contribution is 0.766. The van der Waals surface area contributed by atoms with Gasteiger partial charge in [0.15, 0.2) is 5.65 Å². The zero-order valence-electron chi connectivity index (χ0n) is 11.0. The maximum atomic E-state index is 6.51. The highest BCUT2D eigenvalue weighted by molar-refractivity contribution is 6.37. The standard InChI is InChI=1S/C14H13ClN4/c1-8-6-4-5-7-10(8)13-12(15)11-9(2)18-19(3)14(11)17-16-13/h4-7H,1-3H3. The Labute approximate surface area is 116 Å². The Bertz CT molecular complexity index is 776. The molecule has 0 fully saturated rings. The zero-order valence-corrected chi connectivity index (χ0v) is 11.7. The molecular weight excluding hydrogens is 260 g/mol. The first-order valence-electron chi connectivity index (χ1n) is 6.01. The molecule has 0 aliphatic heterocycles. The van der Waals surface area contributed by atoms with E-state index in [2.05, 4.69) is 15.3 Å². The molecule has 4 nitrogen and oxygen atoms in total. The molecule has 0 saturated heterocycles. The van der Waals surface area contributed by atoms with Gasteiger partial charge in [-0.05, 0) is 19.4 Å². The van der Waals surface area contributed by atoms with Crippen molar-refractivity contribution in [1.29, 1.82) is 0 Å². The summed E-state index contributed by atoms with van der Waals surface area (Å²) in [6.45, 7) is 3.96. The van der Waals surface area contributed by atoms with Crippen LogP contribution < -0.4 is 0 Å². The van der Waals surface area contributed by atoms with E-state index in [0.717, 1.165) is 22.2 Å². The number of fused-ring (bicyclic) bond motifs is 1. The van der Waals surface area contributed by atoms with Gasteiger partial charge in [0.05, 0.1) is 16.1 Å². The smallest absolute Gasteiger partial charge is 0.181 e. The zero-order chi connectivity index (χ0) is 13.6. The van der Waals surface area contributed by atoms with Crippen molar-refractivity contribution in [3.8, 4) is 11.3 Å². The van der Waals surface area contributed by atoms with Gasteiger partial charge in [0.2, 0.25) is 0 Å². The lowest BCUT2D eigenvalue weighted by Gasteiger charge is -2.07. The first kappa shape index (κ1) is 12.1. The van der Waals surface area contributed by atoms with Gasteiger partial charge in [0, 0.05) is 12.6 Å². The molecule has 19 heavy (non-hydrogen) atoms. The monoisotopic (exact) mass is 272 g/mol. The summed E-state index contributed by atoms with van der Waals surface area (Å²) in [5, 5.41) is 14.3. The minimum absolute atomic E-state index is 0.616. The van der Waals surface area contributed by atoms with Crippen LogP contribution in [0.2, 0.25) is 5.02 Å². The van der Waals surface area contributed by atoms with Gasteiger partial charge in [0.1, 0.15) is 5.69 Å². The second kappa shape index (κ2) is 4.31. The predicted octanol–water partition coefficient (Wildman–Crippen LogP) is 3.30. The van der Waals surface area contributed by atoms with Gasteiger partial charge >= 0.3 is 0 Å². The summed E-state index contributed by atoms with van der Waals surface area (Å²) in [7, 11) is 1.84. The molecule has 3 aromatic rings. The molecule has 96 valence electrons. The number of benzene rings is 1. The van der Waals surface area contributed by atoms with Crippen LogP contribution in [0.5, 0.6) is 0 Å². The Kier molecular flexibility index (Phi) is 2.75. The number of rotatable bonds is 1. The maximum absolute atomic E-state index is 6.51. The van der Waals surface area contributed by atoms with Crippen LogP contribution in [0.15, 0.2) is 24.3 Å². The van der Waals surface area contributed by atoms with Gasteiger partial charge in [-0.25, -0.2) is 4.68 Å². The molecule has 2 aromatic heterocycles. The first-order chi connectivity index (χ1) is 9.09. The SMILES string of the molecule is Cc1ccccc1-c1nnc2c(c(C)nn2C)c1Cl. The van der Waals surface area contributed by atoms with Crippen molar-refractivity contribution in [2.24, 2.45) is 7.05 Å². The van der Waals surface area contributed by atoms with E-state index in [-0.39, 0.29) is 0 Å². The van der Waals surface area contributed by atoms with E-state index in [0.29, 0.717) is 16.4 Å². The van der Waals surface area contributed by atoms with Crippen molar-refractivity contribution in [3.63, 3.8) is 0 Å². The molecule has 0 amide bonds. The third-order valence-electron chi connectivity index (χ3n) is 3.26. The fourth-order valence-corrected chi connectivity index (χ4v) is 2.65. The fraction of sp³-hybridized carbons (Fsp3) is 0.214. The molecule has 5 heteroatoms. The Morgan fingerprint density at radius 2 is 1.84 bits per heavy atom.